The van der Waals surface area contributed by atoms with Crippen LogP contribution in [0, 0.1) is 0 Å². The molecule has 3 N–H and O–H groups in total. The van der Waals surface area contributed by atoms with Gasteiger partial charge in [-0.15, -0.1) is 0 Å². The largest absolute Gasteiger partial charge is 0.479 e. The minimum atomic E-state index is -1.87. The van der Waals surface area contributed by atoms with Crippen molar-refractivity contribution in [2.45, 2.75) is 12.2 Å². The SMILES string of the molecule is O=Cc1ccc(C(O)C(O)C(=O)O)cc1. The Morgan fingerprint density at radius 2 is 1.73 bits per heavy atom. The Kier molecular flexibility index (Phi) is 3.54. The van der Waals surface area contributed by atoms with Crippen molar-refractivity contribution in [3.8, 4) is 0 Å². The number of aliphatic carboxylic acids is 1. The second-order valence-corrected chi connectivity index (χ2v) is 3.01. The highest BCUT2D eigenvalue weighted by Crippen LogP contribution is 2.17. The Hall–Kier alpha value is -1.72. The van der Waals surface area contributed by atoms with Crippen LogP contribution in [0.3, 0.4) is 0 Å². The standard InChI is InChI=1S/C10H10O5/c11-5-6-1-3-7(4-2-6)8(12)9(13)10(14)15/h1-5,8-9,12-13H,(H,14,15). The van der Waals surface area contributed by atoms with E-state index >= 15 is 0 Å². The molecule has 0 spiro atoms. The van der Waals surface area contributed by atoms with Gasteiger partial charge in [-0.1, -0.05) is 24.3 Å². The molecule has 0 aliphatic heterocycles. The molecule has 80 valence electrons. The van der Waals surface area contributed by atoms with Crippen molar-refractivity contribution in [1.82, 2.24) is 0 Å². The number of benzene rings is 1. The molecule has 0 saturated carbocycles. The minimum absolute atomic E-state index is 0.246. The number of carboxylic acids is 1. The lowest BCUT2D eigenvalue weighted by molar-refractivity contribution is -0.153. The van der Waals surface area contributed by atoms with Crippen LogP contribution in [0.2, 0.25) is 0 Å². The summed E-state index contributed by atoms with van der Waals surface area (Å²) in [6.45, 7) is 0. The van der Waals surface area contributed by atoms with Crippen molar-refractivity contribution in [2.24, 2.45) is 0 Å². The van der Waals surface area contributed by atoms with Crippen LogP contribution in [-0.2, 0) is 4.79 Å². The number of rotatable bonds is 4. The third kappa shape index (κ3) is 2.61. The molecule has 0 aromatic heterocycles. The van der Waals surface area contributed by atoms with Crippen molar-refractivity contribution in [2.75, 3.05) is 0 Å². The Morgan fingerprint density at radius 3 is 2.13 bits per heavy atom. The third-order valence-corrected chi connectivity index (χ3v) is 1.97. The summed E-state index contributed by atoms with van der Waals surface area (Å²) in [5.41, 5.74) is 0.659. The number of aliphatic hydroxyl groups is 2. The van der Waals surface area contributed by atoms with Gasteiger partial charge in [-0.05, 0) is 5.56 Å². The molecule has 2 unspecified atom stereocenters. The quantitative estimate of drug-likeness (QED) is 0.607. The van der Waals surface area contributed by atoms with E-state index < -0.39 is 18.2 Å². The van der Waals surface area contributed by atoms with Crippen LogP contribution in [0.15, 0.2) is 24.3 Å². The van der Waals surface area contributed by atoms with Crippen LogP contribution in [-0.4, -0.2) is 33.7 Å². The smallest absolute Gasteiger partial charge is 0.335 e. The average Bonchev–Trinajstić information content (AvgIpc) is 2.27. The molecular weight excluding hydrogens is 200 g/mol. The number of aliphatic hydroxyl groups excluding tert-OH is 2. The Morgan fingerprint density at radius 1 is 1.20 bits per heavy atom. The van der Waals surface area contributed by atoms with Crippen molar-refractivity contribution in [3.63, 3.8) is 0 Å². The first-order chi connectivity index (χ1) is 7.06. The maximum Gasteiger partial charge on any atom is 0.335 e. The van der Waals surface area contributed by atoms with E-state index in [-0.39, 0.29) is 5.56 Å². The van der Waals surface area contributed by atoms with E-state index in [1.807, 2.05) is 0 Å². The van der Waals surface area contributed by atoms with E-state index in [2.05, 4.69) is 0 Å². The minimum Gasteiger partial charge on any atom is -0.479 e. The van der Waals surface area contributed by atoms with Crippen molar-refractivity contribution < 1.29 is 24.9 Å². The molecule has 5 heteroatoms. The summed E-state index contributed by atoms with van der Waals surface area (Å²) < 4.78 is 0. The summed E-state index contributed by atoms with van der Waals surface area (Å²) in [4.78, 5) is 20.7. The van der Waals surface area contributed by atoms with Crippen LogP contribution in [0.25, 0.3) is 0 Å². The summed E-state index contributed by atoms with van der Waals surface area (Å²) in [6, 6.07) is 5.64. The summed E-state index contributed by atoms with van der Waals surface area (Å²) in [5, 5.41) is 26.9. The van der Waals surface area contributed by atoms with E-state index in [0.717, 1.165) is 0 Å². The van der Waals surface area contributed by atoms with Crippen LogP contribution >= 0.6 is 0 Å². The number of aldehydes is 1. The van der Waals surface area contributed by atoms with Crippen LogP contribution in [0.1, 0.15) is 22.0 Å². The van der Waals surface area contributed by atoms with E-state index in [1.54, 1.807) is 0 Å². The predicted octanol–water partition coefficient (Wildman–Crippen LogP) is -0.0220. The highest BCUT2D eigenvalue weighted by atomic mass is 16.4. The normalized spacial score (nSPS) is 14.3. The van der Waals surface area contributed by atoms with E-state index in [1.165, 1.54) is 24.3 Å². The fourth-order valence-corrected chi connectivity index (χ4v) is 1.09. The summed E-state index contributed by atoms with van der Waals surface area (Å²) in [6.07, 6.45) is -2.74. The first-order valence-corrected chi connectivity index (χ1v) is 4.20. The van der Waals surface area contributed by atoms with Gasteiger partial charge in [0.05, 0.1) is 0 Å². The van der Waals surface area contributed by atoms with Crippen molar-refractivity contribution in [3.05, 3.63) is 35.4 Å². The van der Waals surface area contributed by atoms with Gasteiger partial charge in [-0.25, -0.2) is 4.79 Å². The maximum atomic E-state index is 10.4. The molecule has 2 atom stereocenters. The third-order valence-electron chi connectivity index (χ3n) is 1.97. The number of hydrogen-bond acceptors (Lipinski definition) is 4. The summed E-state index contributed by atoms with van der Waals surface area (Å²) >= 11 is 0. The fourth-order valence-electron chi connectivity index (χ4n) is 1.09. The molecule has 0 aliphatic carbocycles. The predicted molar refractivity (Wildman–Crippen MR) is 50.4 cm³/mol. The van der Waals surface area contributed by atoms with Gasteiger partial charge in [0.15, 0.2) is 6.10 Å². The van der Waals surface area contributed by atoms with E-state index in [4.69, 9.17) is 10.2 Å². The Balaban J connectivity index is 2.86. The average molecular weight is 210 g/mol. The highest BCUT2D eigenvalue weighted by molar-refractivity contribution is 5.75. The van der Waals surface area contributed by atoms with Crippen molar-refractivity contribution >= 4 is 12.3 Å². The lowest BCUT2D eigenvalue weighted by Gasteiger charge is -2.13. The Bertz CT molecular complexity index is 357. The number of carbonyl (C=O) groups is 2. The van der Waals surface area contributed by atoms with Gasteiger partial charge >= 0.3 is 5.97 Å². The molecule has 0 radical (unpaired) electrons. The van der Waals surface area contributed by atoms with Crippen LogP contribution < -0.4 is 0 Å². The molecule has 0 fully saturated rings. The van der Waals surface area contributed by atoms with Gasteiger partial charge < -0.3 is 15.3 Å². The number of carbonyl (C=O) groups excluding carboxylic acids is 1. The molecule has 1 aromatic carbocycles. The molecular formula is C10H10O5. The van der Waals surface area contributed by atoms with E-state index in [9.17, 15) is 14.7 Å². The number of carboxylic acid groups (broad SMARTS) is 1. The van der Waals surface area contributed by atoms with Crippen molar-refractivity contribution in [1.29, 1.82) is 0 Å². The van der Waals surface area contributed by atoms with E-state index in [0.29, 0.717) is 11.8 Å². The van der Waals surface area contributed by atoms with Gasteiger partial charge in [-0.2, -0.15) is 0 Å². The molecule has 1 rings (SSSR count). The summed E-state index contributed by atoms with van der Waals surface area (Å²) in [7, 11) is 0. The molecule has 1 aromatic rings. The van der Waals surface area contributed by atoms with Gasteiger partial charge in [0.1, 0.15) is 12.4 Å². The maximum absolute atomic E-state index is 10.4. The molecule has 0 heterocycles. The molecule has 15 heavy (non-hydrogen) atoms. The van der Waals surface area contributed by atoms with Gasteiger partial charge in [-0.3, -0.25) is 4.79 Å². The fraction of sp³-hybridized carbons (Fsp3) is 0.200. The van der Waals surface area contributed by atoms with Gasteiger partial charge in [0.2, 0.25) is 0 Å². The lowest BCUT2D eigenvalue weighted by atomic mass is 10.0. The Labute approximate surface area is 85.6 Å². The highest BCUT2D eigenvalue weighted by Gasteiger charge is 2.24. The number of hydrogen-bond donors (Lipinski definition) is 3. The second kappa shape index (κ2) is 4.68. The zero-order valence-electron chi connectivity index (χ0n) is 7.70. The zero-order valence-corrected chi connectivity index (χ0v) is 7.70. The molecule has 0 saturated heterocycles. The topological polar surface area (TPSA) is 94.8 Å². The monoisotopic (exact) mass is 210 g/mol. The zero-order chi connectivity index (χ0) is 11.4. The second-order valence-electron chi connectivity index (χ2n) is 3.01. The van der Waals surface area contributed by atoms with Crippen LogP contribution in [0.5, 0.6) is 0 Å². The molecule has 5 nitrogen and oxygen atoms in total. The van der Waals surface area contributed by atoms with Crippen LogP contribution in [0.4, 0.5) is 0 Å². The molecule has 0 aliphatic rings. The molecule has 0 bridgehead atoms. The summed E-state index contributed by atoms with van der Waals surface area (Å²) in [5.74, 6) is -1.50. The molecule has 0 amide bonds. The lowest BCUT2D eigenvalue weighted by Crippen LogP contribution is -2.27. The van der Waals surface area contributed by atoms with Gasteiger partial charge in [0.25, 0.3) is 0 Å². The van der Waals surface area contributed by atoms with Gasteiger partial charge in [0, 0.05) is 5.56 Å². The first kappa shape index (κ1) is 11.4. The first-order valence-electron chi connectivity index (χ1n) is 4.20.